The summed E-state index contributed by atoms with van der Waals surface area (Å²) in [7, 11) is 0. The second-order valence-electron chi connectivity index (χ2n) is 7.15. The van der Waals surface area contributed by atoms with Crippen LogP contribution in [0.4, 0.5) is 13.2 Å². The lowest BCUT2D eigenvalue weighted by atomic mass is 9.78. The maximum absolute atomic E-state index is 13.0. The van der Waals surface area contributed by atoms with Gasteiger partial charge in [0.15, 0.2) is 5.78 Å². The number of ketones is 1. The van der Waals surface area contributed by atoms with Gasteiger partial charge < -0.3 is 5.32 Å². The zero-order valence-corrected chi connectivity index (χ0v) is 15.3. The third-order valence-electron chi connectivity index (χ3n) is 5.31. The first-order chi connectivity index (χ1) is 12.3. The predicted octanol–water partition coefficient (Wildman–Crippen LogP) is 5.14. The summed E-state index contributed by atoms with van der Waals surface area (Å²) < 4.78 is 38.9. The smallest absolute Gasteiger partial charge is 0.361 e. The Kier molecular flexibility index (Phi) is 4.41. The van der Waals surface area contributed by atoms with E-state index < -0.39 is 12.6 Å². The van der Waals surface area contributed by atoms with Crippen LogP contribution in [0.5, 0.6) is 0 Å². The molecule has 2 nitrogen and oxygen atoms in total. The molecule has 1 aromatic carbocycles. The second-order valence-corrected chi connectivity index (χ2v) is 8.28. The number of alkyl halides is 3. The third kappa shape index (κ3) is 3.20. The summed E-state index contributed by atoms with van der Waals surface area (Å²) in [6.07, 6.45) is -2.07. The molecule has 0 saturated carbocycles. The van der Waals surface area contributed by atoms with Crippen LogP contribution in [0, 0.1) is 6.92 Å². The summed E-state index contributed by atoms with van der Waals surface area (Å²) >= 11 is 1.72. The molecule has 3 aliphatic rings. The maximum Gasteiger partial charge on any atom is 0.393 e. The minimum atomic E-state index is -4.24. The Hall–Kier alpha value is -1.69. The highest BCUT2D eigenvalue weighted by molar-refractivity contribution is 8.03. The van der Waals surface area contributed by atoms with E-state index in [1.54, 1.807) is 30.8 Å². The number of carbonyl (C=O) groups excluding carboxylic acids is 1. The van der Waals surface area contributed by atoms with E-state index in [0.29, 0.717) is 17.5 Å². The second kappa shape index (κ2) is 6.48. The number of benzene rings is 1. The molecule has 138 valence electrons. The molecule has 2 heterocycles. The average Bonchev–Trinajstić information content (AvgIpc) is 3.02. The van der Waals surface area contributed by atoms with Crippen molar-refractivity contribution < 1.29 is 18.0 Å². The highest BCUT2D eigenvalue weighted by atomic mass is 32.2. The van der Waals surface area contributed by atoms with Gasteiger partial charge in [-0.25, -0.2) is 0 Å². The number of thioether (sulfide) groups is 1. The first-order valence-electron chi connectivity index (χ1n) is 8.89. The van der Waals surface area contributed by atoms with Crippen molar-refractivity contribution in [3.8, 4) is 0 Å². The van der Waals surface area contributed by atoms with E-state index in [2.05, 4.69) is 5.32 Å². The average molecular weight is 379 g/mol. The molecule has 0 spiro atoms. The summed E-state index contributed by atoms with van der Waals surface area (Å²) in [5, 5.41) is 3.45. The van der Waals surface area contributed by atoms with Crippen molar-refractivity contribution in [3.05, 3.63) is 56.8 Å². The van der Waals surface area contributed by atoms with E-state index in [-0.39, 0.29) is 11.7 Å². The van der Waals surface area contributed by atoms with Gasteiger partial charge in [0.1, 0.15) is 0 Å². The molecule has 0 fully saturated rings. The molecule has 4 rings (SSSR count). The molecule has 0 saturated heterocycles. The van der Waals surface area contributed by atoms with E-state index in [9.17, 15) is 18.0 Å². The molecule has 1 atom stereocenters. The van der Waals surface area contributed by atoms with Crippen LogP contribution in [0.2, 0.25) is 0 Å². The Labute approximate surface area is 154 Å². The van der Waals surface area contributed by atoms with Crippen LogP contribution in [-0.2, 0) is 11.2 Å². The van der Waals surface area contributed by atoms with Gasteiger partial charge in [-0.3, -0.25) is 4.79 Å². The van der Waals surface area contributed by atoms with Gasteiger partial charge in [0.2, 0.25) is 0 Å². The van der Waals surface area contributed by atoms with Crippen LogP contribution in [0.1, 0.15) is 48.3 Å². The summed E-state index contributed by atoms with van der Waals surface area (Å²) in [5.41, 5.74) is 4.63. The van der Waals surface area contributed by atoms with Crippen LogP contribution in [-0.4, -0.2) is 17.7 Å². The minimum absolute atomic E-state index is 0.126. The zero-order valence-electron chi connectivity index (χ0n) is 14.5. The van der Waals surface area contributed by atoms with E-state index >= 15 is 0 Å². The van der Waals surface area contributed by atoms with E-state index in [1.165, 1.54) is 0 Å². The van der Waals surface area contributed by atoms with Crippen molar-refractivity contribution in [2.75, 3.05) is 5.75 Å². The minimum Gasteiger partial charge on any atom is -0.361 e. The number of dihydropyridines is 1. The molecule has 0 amide bonds. The number of allylic oxidation sites excluding steroid dienone is 4. The maximum atomic E-state index is 13.0. The molecule has 2 aliphatic heterocycles. The van der Waals surface area contributed by atoms with Crippen molar-refractivity contribution in [2.24, 2.45) is 0 Å². The number of hydrogen-bond donors (Lipinski definition) is 1. The molecule has 1 aliphatic carbocycles. The monoisotopic (exact) mass is 379 g/mol. The van der Waals surface area contributed by atoms with Crippen LogP contribution >= 0.6 is 11.8 Å². The van der Waals surface area contributed by atoms with Gasteiger partial charge in [0.25, 0.3) is 0 Å². The molecule has 0 bridgehead atoms. The summed E-state index contributed by atoms with van der Waals surface area (Å²) in [6.45, 7) is 1.71. The quantitative estimate of drug-likeness (QED) is 0.771. The molecule has 6 heteroatoms. The normalized spacial score (nSPS) is 23.1. The van der Waals surface area contributed by atoms with Crippen LogP contribution < -0.4 is 5.32 Å². The fourth-order valence-electron chi connectivity index (χ4n) is 4.09. The van der Waals surface area contributed by atoms with Gasteiger partial charge in [0, 0.05) is 40.0 Å². The number of hydrogen-bond acceptors (Lipinski definition) is 3. The van der Waals surface area contributed by atoms with E-state index in [4.69, 9.17) is 0 Å². The van der Waals surface area contributed by atoms with Crippen molar-refractivity contribution in [2.45, 2.75) is 51.1 Å². The molecule has 1 unspecified atom stereocenters. The van der Waals surface area contributed by atoms with Gasteiger partial charge in [-0.15, -0.1) is 11.8 Å². The third-order valence-corrected chi connectivity index (χ3v) is 6.51. The van der Waals surface area contributed by atoms with Crippen molar-refractivity contribution >= 4 is 17.5 Å². The van der Waals surface area contributed by atoms with Crippen LogP contribution in [0.15, 0.2) is 40.1 Å². The lowest BCUT2D eigenvalue weighted by Gasteiger charge is -2.33. The van der Waals surface area contributed by atoms with E-state index in [1.807, 2.05) is 6.07 Å². The molecule has 1 aromatic rings. The largest absolute Gasteiger partial charge is 0.393 e. The Morgan fingerprint density at radius 3 is 2.77 bits per heavy atom. The summed E-state index contributed by atoms with van der Waals surface area (Å²) in [5.74, 6) is 0.861. The van der Waals surface area contributed by atoms with Gasteiger partial charge >= 0.3 is 6.18 Å². The van der Waals surface area contributed by atoms with Crippen molar-refractivity contribution in [1.82, 2.24) is 5.32 Å². The van der Waals surface area contributed by atoms with Gasteiger partial charge in [-0.1, -0.05) is 18.2 Å². The number of carbonyl (C=O) groups is 1. The Balaban J connectivity index is 1.81. The van der Waals surface area contributed by atoms with Gasteiger partial charge in [-0.05, 0) is 42.9 Å². The molecule has 0 radical (unpaired) electrons. The molecular weight excluding hydrogens is 359 g/mol. The summed E-state index contributed by atoms with van der Waals surface area (Å²) in [4.78, 5) is 13.8. The SMILES string of the molecule is Cc1ccc(C2C3=C(CCS3)NC3=C2C(=O)CCC3)cc1CC(F)(F)F. The molecule has 1 N–H and O–H groups in total. The number of nitrogens with one attached hydrogen (secondary N) is 1. The van der Waals surface area contributed by atoms with Crippen molar-refractivity contribution in [3.63, 3.8) is 0 Å². The number of rotatable bonds is 2. The van der Waals surface area contributed by atoms with Gasteiger partial charge in [0.05, 0.1) is 6.42 Å². The zero-order chi connectivity index (χ0) is 18.5. The Morgan fingerprint density at radius 1 is 1.19 bits per heavy atom. The standard InChI is InChI=1S/C20H20F3NOS/c1-11-5-6-12(9-13(11)10-20(21,22)23)17-18-14(3-2-4-16(18)25)24-15-7-8-26-19(15)17/h5-6,9,17,24H,2-4,7-8,10H2,1H3. The first kappa shape index (κ1) is 17.7. The fourth-order valence-corrected chi connectivity index (χ4v) is 5.37. The lowest BCUT2D eigenvalue weighted by Crippen LogP contribution is -2.30. The topological polar surface area (TPSA) is 29.1 Å². The summed E-state index contributed by atoms with van der Waals surface area (Å²) in [6, 6.07) is 5.31. The number of aryl methyl sites for hydroxylation is 1. The number of halogens is 3. The highest BCUT2D eigenvalue weighted by Gasteiger charge is 2.39. The predicted molar refractivity (Wildman–Crippen MR) is 96.8 cm³/mol. The first-order valence-corrected chi connectivity index (χ1v) is 9.87. The highest BCUT2D eigenvalue weighted by Crippen LogP contribution is 2.50. The molecular formula is C20H20F3NOS. The Bertz CT molecular complexity index is 838. The lowest BCUT2D eigenvalue weighted by molar-refractivity contribution is -0.127. The Morgan fingerprint density at radius 2 is 2.00 bits per heavy atom. The molecule has 26 heavy (non-hydrogen) atoms. The number of Topliss-reactive ketones (excluding diaryl/α,β-unsaturated/α-hetero) is 1. The van der Waals surface area contributed by atoms with Crippen LogP contribution in [0.3, 0.4) is 0 Å². The van der Waals surface area contributed by atoms with Gasteiger partial charge in [-0.2, -0.15) is 13.2 Å². The van der Waals surface area contributed by atoms with E-state index in [0.717, 1.165) is 52.5 Å². The van der Waals surface area contributed by atoms with Crippen LogP contribution in [0.25, 0.3) is 0 Å². The molecule has 0 aromatic heterocycles. The fraction of sp³-hybridized carbons (Fsp3) is 0.450. The van der Waals surface area contributed by atoms with Crippen molar-refractivity contribution in [1.29, 1.82) is 0 Å².